The lowest BCUT2D eigenvalue weighted by Gasteiger charge is -2.16. The number of hydrogen-bond acceptors (Lipinski definition) is 3. The molecule has 0 atom stereocenters. The molecule has 1 N–H and O–H groups in total. The summed E-state index contributed by atoms with van der Waals surface area (Å²) in [6, 6.07) is 35.5. The minimum absolute atomic E-state index is 0.226. The molecule has 3 heteroatoms. The summed E-state index contributed by atoms with van der Waals surface area (Å²) in [6.07, 6.45) is 0.830. The van der Waals surface area contributed by atoms with E-state index in [1.54, 1.807) is 6.07 Å². The molecule has 1 aromatic heterocycles. The van der Waals surface area contributed by atoms with E-state index in [4.69, 9.17) is 9.98 Å². The summed E-state index contributed by atoms with van der Waals surface area (Å²) in [5.74, 6) is 1.07. The number of benzene rings is 4. The van der Waals surface area contributed by atoms with Crippen LogP contribution in [0.3, 0.4) is 0 Å². The first-order valence-corrected chi connectivity index (χ1v) is 14.1. The van der Waals surface area contributed by atoms with E-state index >= 15 is 0 Å². The molecule has 0 aliphatic carbocycles. The SMILES string of the molecule is CC(C)c1cc(-c2cc(-c3cccc(C4=Nc5ccccc5C4)c3)nc(-c3ccccc3O)c2)cc(C(C)C)c1. The van der Waals surface area contributed by atoms with E-state index < -0.39 is 0 Å². The predicted octanol–water partition coefficient (Wildman–Crippen LogP) is 9.71. The van der Waals surface area contributed by atoms with E-state index in [1.165, 1.54) is 22.3 Å². The van der Waals surface area contributed by atoms with Crippen molar-refractivity contribution in [3.05, 3.63) is 125 Å². The molecule has 2 heterocycles. The molecule has 0 bridgehead atoms. The van der Waals surface area contributed by atoms with Crippen LogP contribution in [0.5, 0.6) is 5.75 Å². The topological polar surface area (TPSA) is 45.5 Å². The summed E-state index contributed by atoms with van der Waals surface area (Å²) in [7, 11) is 0. The van der Waals surface area contributed by atoms with Gasteiger partial charge >= 0.3 is 0 Å². The Balaban J connectivity index is 1.50. The van der Waals surface area contributed by atoms with Gasteiger partial charge in [0, 0.05) is 17.5 Å². The van der Waals surface area contributed by atoms with E-state index in [-0.39, 0.29) is 5.75 Å². The van der Waals surface area contributed by atoms with E-state index in [0.29, 0.717) is 11.8 Å². The molecular weight excluding hydrogens is 488 g/mol. The standard InChI is InChI=1S/C37H34N2O/c1-23(2)28-17-29(24(3)4)19-30(18-28)31-21-35(39-36(22-31)32-13-6-8-15-37(32)40)26-12-9-11-25(16-26)34-20-27-10-5-7-14-33(27)38-34/h5-19,21-24,40H,20H2,1-4H3. The van der Waals surface area contributed by atoms with Gasteiger partial charge in [0.25, 0.3) is 0 Å². The number of fused-ring (bicyclic) bond motifs is 1. The van der Waals surface area contributed by atoms with E-state index in [2.05, 4.69) is 100 Å². The van der Waals surface area contributed by atoms with Gasteiger partial charge in [0.1, 0.15) is 5.75 Å². The quantitative estimate of drug-likeness (QED) is 0.241. The highest BCUT2D eigenvalue weighted by atomic mass is 16.3. The van der Waals surface area contributed by atoms with Gasteiger partial charge in [-0.05, 0) is 81.6 Å². The summed E-state index contributed by atoms with van der Waals surface area (Å²) in [4.78, 5) is 10.00. The summed E-state index contributed by atoms with van der Waals surface area (Å²) in [6.45, 7) is 8.96. The normalized spacial score (nSPS) is 12.6. The Morgan fingerprint density at radius 3 is 1.98 bits per heavy atom. The predicted molar refractivity (Wildman–Crippen MR) is 167 cm³/mol. The highest BCUT2D eigenvalue weighted by Crippen LogP contribution is 2.36. The van der Waals surface area contributed by atoms with Crippen molar-refractivity contribution in [1.29, 1.82) is 0 Å². The Bertz CT molecular complexity index is 1720. The largest absolute Gasteiger partial charge is 0.507 e. The fourth-order valence-corrected chi connectivity index (χ4v) is 5.34. The van der Waals surface area contributed by atoms with E-state index in [1.807, 2.05) is 24.3 Å². The second-order valence-corrected chi connectivity index (χ2v) is 11.3. The van der Waals surface area contributed by atoms with Gasteiger partial charge in [-0.1, -0.05) is 94.4 Å². The second kappa shape index (κ2) is 10.6. The molecule has 0 radical (unpaired) electrons. The molecule has 1 aliphatic heterocycles. The maximum Gasteiger partial charge on any atom is 0.124 e. The summed E-state index contributed by atoms with van der Waals surface area (Å²) in [5, 5.41) is 10.7. The van der Waals surface area contributed by atoms with Crippen molar-refractivity contribution in [2.45, 2.75) is 46.0 Å². The average molecular weight is 523 g/mol. The van der Waals surface area contributed by atoms with Gasteiger partial charge in [-0.25, -0.2) is 4.98 Å². The third-order valence-electron chi connectivity index (χ3n) is 7.75. The number of nitrogens with zero attached hydrogens (tertiary/aromatic N) is 2. The van der Waals surface area contributed by atoms with Gasteiger partial charge < -0.3 is 5.11 Å². The van der Waals surface area contributed by atoms with Crippen molar-refractivity contribution >= 4 is 11.4 Å². The van der Waals surface area contributed by atoms with Crippen LogP contribution < -0.4 is 0 Å². The van der Waals surface area contributed by atoms with E-state index in [0.717, 1.165) is 51.5 Å². The smallest absolute Gasteiger partial charge is 0.124 e. The molecule has 6 rings (SSSR count). The molecule has 0 fully saturated rings. The third-order valence-corrected chi connectivity index (χ3v) is 7.75. The number of phenols is 1. The van der Waals surface area contributed by atoms with Crippen molar-refractivity contribution < 1.29 is 5.11 Å². The maximum atomic E-state index is 10.7. The molecule has 1 aliphatic rings. The highest BCUT2D eigenvalue weighted by Gasteiger charge is 2.18. The van der Waals surface area contributed by atoms with Gasteiger partial charge in [0.15, 0.2) is 0 Å². The molecule has 198 valence electrons. The van der Waals surface area contributed by atoms with E-state index in [9.17, 15) is 5.11 Å². The Morgan fingerprint density at radius 2 is 1.25 bits per heavy atom. The van der Waals surface area contributed by atoms with Crippen molar-refractivity contribution in [2.24, 2.45) is 4.99 Å². The van der Waals surface area contributed by atoms with Crippen molar-refractivity contribution in [3.63, 3.8) is 0 Å². The average Bonchev–Trinajstić information content (AvgIpc) is 3.41. The molecule has 0 spiro atoms. The number of para-hydroxylation sites is 2. The van der Waals surface area contributed by atoms with Crippen LogP contribution in [0.15, 0.2) is 108 Å². The minimum atomic E-state index is 0.226. The van der Waals surface area contributed by atoms with Crippen LogP contribution in [0.1, 0.15) is 61.8 Å². The number of phenolic OH excluding ortho intramolecular Hbond substituents is 1. The lowest BCUT2D eigenvalue weighted by molar-refractivity contribution is 0.477. The highest BCUT2D eigenvalue weighted by molar-refractivity contribution is 6.07. The number of pyridine rings is 1. The molecule has 3 nitrogen and oxygen atoms in total. The van der Waals surface area contributed by atoms with Gasteiger partial charge in [0.2, 0.25) is 0 Å². The van der Waals surface area contributed by atoms with Gasteiger partial charge in [-0.2, -0.15) is 0 Å². The lowest BCUT2D eigenvalue weighted by Crippen LogP contribution is -2.01. The first-order valence-electron chi connectivity index (χ1n) is 14.1. The van der Waals surface area contributed by atoms with Crippen LogP contribution in [-0.2, 0) is 6.42 Å². The van der Waals surface area contributed by atoms with Crippen LogP contribution in [-0.4, -0.2) is 15.8 Å². The second-order valence-electron chi connectivity index (χ2n) is 11.3. The first kappa shape index (κ1) is 25.8. The number of aliphatic imine (C=N–C) groups is 1. The summed E-state index contributed by atoms with van der Waals surface area (Å²) < 4.78 is 0. The Hall–Kier alpha value is -4.50. The molecule has 0 saturated heterocycles. The molecule has 0 saturated carbocycles. The van der Waals surface area contributed by atoms with Crippen LogP contribution >= 0.6 is 0 Å². The zero-order valence-electron chi connectivity index (χ0n) is 23.5. The third kappa shape index (κ3) is 5.08. The maximum absolute atomic E-state index is 10.7. The van der Waals surface area contributed by atoms with Crippen LogP contribution in [0.25, 0.3) is 33.6 Å². The Morgan fingerprint density at radius 1 is 0.600 bits per heavy atom. The van der Waals surface area contributed by atoms with Crippen molar-refractivity contribution in [3.8, 4) is 39.4 Å². The van der Waals surface area contributed by atoms with Crippen LogP contribution in [0, 0.1) is 0 Å². The Labute approximate surface area is 236 Å². The molecule has 40 heavy (non-hydrogen) atoms. The number of hydrogen-bond donors (Lipinski definition) is 1. The molecule has 0 unspecified atom stereocenters. The van der Waals surface area contributed by atoms with Crippen LogP contribution in [0.4, 0.5) is 5.69 Å². The summed E-state index contributed by atoms with van der Waals surface area (Å²) in [5.41, 5.74) is 12.8. The fraction of sp³-hybridized carbons (Fsp3) is 0.189. The minimum Gasteiger partial charge on any atom is -0.507 e. The Kier molecular flexibility index (Phi) is 6.81. The monoisotopic (exact) mass is 522 g/mol. The zero-order valence-corrected chi connectivity index (χ0v) is 23.5. The number of aromatic nitrogens is 1. The molecule has 5 aromatic rings. The molecule has 4 aromatic carbocycles. The van der Waals surface area contributed by atoms with Gasteiger partial charge in [0.05, 0.1) is 22.8 Å². The zero-order chi connectivity index (χ0) is 27.8. The van der Waals surface area contributed by atoms with Crippen molar-refractivity contribution in [1.82, 2.24) is 4.98 Å². The molecular formula is C37H34N2O. The van der Waals surface area contributed by atoms with Crippen molar-refractivity contribution in [2.75, 3.05) is 0 Å². The number of aromatic hydroxyl groups is 1. The fourth-order valence-electron chi connectivity index (χ4n) is 5.34. The van der Waals surface area contributed by atoms with Crippen LogP contribution in [0.2, 0.25) is 0 Å². The summed E-state index contributed by atoms with van der Waals surface area (Å²) >= 11 is 0. The molecule has 0 amide bonds. The number of rotatable bonds is 6. The van der Waals surface area contributed by atoms with Gasteiger partial charge in [-0.15, -0.1) is 0 Å². The first-order chi connectivity index (χ1) is 19.4. The van der Waals surface area contributed by atoms with Gasteiger partial charge in [-0.3, -0.25) is 4.99 Å². The lowest BCUT2D eigenvalue weighted by atomic mass is 9.90.